The largest absolute Gasteiger partial charge is 0.143 e. The third kappa shape index (κ3) is 3.17. The molecule has 6 aromatic rings. The lowest BCUT2D eigenvalue weighted by molar-refractivity contribution is 1.72. The van der Waals surface area contributed by atoms with Crippen molar-refractivity contribution in [1.82, 2.24) is 0 Å². The van der Waals surface area contributed by atoms with E-state index in [9.17, 15) is 0 Å². The topological polar surface area (TPSA) is 0 Å². The fraction of sp³-hybridized carbons (Fsp3) is 0. The lowest BCUT2D eigenvalue weighted by atomic mass is 9.98. The fourth-order valence-corrected chi connectivity index (χ4v) is 7.56. The van der Waals surface area contributed by atoms with Crippen molar-refractivity contribution in [3.63, 3.8) is 0 Å². The molecule has 4 heteroatoms. The second-order valence-electron chi connectivity index (χ2n) is 6.99. The Balaban J connectivity index is 1.47. The minimum Gasteiger partial charge on any atom is -0.143 e. The fourth-order valence-electron chi connectivity index (χ4n) is 3.80. The van der Waals surface area contributed by atoms with E-state index in [1.54, 1.807) is 22.7 Å². The first-order valence-electron chi connectivity index (χ1n) is 9.67. The summed E-state index contributed by atoms with van der Waals surface area (Å²) in [5.74, 6) is 0. The average Bonchev–Trinajstić information content (AvgIpc) is 3.57. The minimum atomic E-state index is 1.32. The first kappa shape index (κ1) is 18.3. The Morgan fingerprint density at radius 1 is 0.367 bits per heavy atom. The van der Waals surface area contributed by atoms with Crippen LogP contribution in [-0.2, 0) is 0 Å². The summed E-state index contributed by atoms with van der Waals surface area (Å²) in [6.45, 7) is 0. The molecule has 144 valence electrons. The van der Waals surface area contributed by atoms with Crippen molar-refractivity contribution in [1.29, 1.82) is 0 Å². The quantitative estimate of drug-likeness (QED) is 0.248. The highest BCUT2D eigenvalue weighted by Gasteiger charge is 2.13. The number of hydrogen-bond donors (Lipinski definition) is 0. The molecule has 0 fully saturated rings. The molecule has 0 aliphatic rings. The normalized spacial score (nSPS) is 11.3. The van der Waals surface area contributed by atoms with Crippen LogP contribution < -0.4 is 0 Å². The SMILES string of the molecule is c1csc(-c2ccc(-c3ccc(-c4ccc(-c5cccs5)s4)c4ccccc34)s2)c1. The standard InChI is InChI=1S/C26H16S4/c1-2-6-18-17(5-1)19(21-11-13-25(29-21)23-7-3-15-27-23)9-10-20(18)22-12-14-26(30-22)24-8-4-16-28-24/h1-16H. The second-order valence-corrected chi connectivity index (χ2v) is 11.1. The van der Waals surface area contributed by atoms with E-state index in [0.717, 1.165) is 0 Å². The van der Waals surface area contributed by atoms with Crippen LogP contribution >= 0.6 is 45.3 Å². The highest BCUT2D eigenvalue weighted by Crippen LogP contribution is 2.43. The predicted molar refractivity (Wildman–Crippen MR) is 137 cm³/mol. The number of hydrogen-bond acceptors (Lipinski definition) is 4. The third-order valence-electron chi connectivity index (χ3n) is 5.20. The van der Waals surface area contributed by atoms with Crippen LogP contribution in [0.3, 0.4) is 0 Å². The van der Waals surface area contributed by atoms with E-state index in [0.29, 0.717) is 0 Å². The van der Waals surface area contributed by atoms with Gasteiger partial charge in [-0.15, -0.1) is 45.3 Å². The van der Waals surface area contributed by atoms with Gasteiger partial charge in [0, 0.05) is 29.3 Å². The molecule has 4 heterocycles. The zero-order chi connectivity index (χ0) is 19.9. The van der Waals surface area contributed by atoms with Gasteiger partial charge in [0.15, 0.2) is 0 Å². The van der Waals surface area contributed by atoms with E-state index in [1.165, 1.54) is 51.2 Å². The molecule has 0 N–H and O–H groups in total. The minimum absolute atomic E-state index is 1.32. The highest BCUT2D eigenvalue weighted by molar-refractivity contribution is 7.24. The van der Waals surface area contributed by atoms with Crippen LogP contribution in [0, 0.1) is 0 Å². The molecule has 0 amide bonds. The van der Waals surface area contributed by atoms with Crippen LogP contribution in [0.15, 0.2) is 95.7 Å². The van der Waals surface area contributed by atoms with E-state index in [1.807, 2.05) is 22.7 Å². The molecular formula is C26H16S4. The number of fused-ring (bicyclic) bond motifs is 1. The Hall–Kier alpha value is -2.50. The molecule has 0 saturated carbocycles. The Labute approximate surface area is 191 Å². The van der Waals surface area contributed by atoms with Crippen LogP contribution in [-0.4, -0.2) is 0 Å². The van der Waals surface area contributed by atoms with Gasteiger partial charge in [-0.2, -0.15) is 0 Å². The maximum absolute atomic E-state index is 2.30. The van der Waals surface area contributed by atoms with E-state index in [4.69, 9.17) is 0 Å². The van der Waals surface area contributed by atoms with Crippen molar-refractivity contribution in [3.05, 3.63) is 95.7 Å². The molecule has 4 aromatic heterocycles. The summed E-state index contributed by atoms with van der Waals surface area (Å²) >= 11 is 7.36. The molecule has 0 radical (unpaired) electrons. The molecule has 0 nitrogen and oxygen atoms in total. The summed E-state index contributed by atoms with van der Waals surface area (Å²) in [4.78, 5) is 8.01. The number of benzene rings is 2. The second kappa shape index (κ2) is 7.64. The number of thiophene rings is 4. The summed E-state index contributed by atoms with van der Waals surface area (Å²) in [6.07, 6.45) is 0. The van der Waals surface area contributed by atoms with Gasteiger partial charge in [0.05, 0.1) is 0 Å². The van der Waals surface area contributed by atoms with Gasteiger partial charge < -0.3 is 0 Å². The van der Waals surface area contributed by atoms with Gasteiger partial charge in [-0.1, -0.05) is 48.5 Å². The summed E-state index contributed by atoms with van der Waals surface area (Å²) in [5.41, 5.74) is 2.63. The van der Waals surface area contributed by atoms with Crippen LogP contribution in [0.2, 0.25) is 0 Å². The van der Waals surface area contributed by atoms with Crippen LogP contribution in [0.4, 0.5) is 0 Å². The van der Waals surface area contributed by atoms with Crippen molar-refractivity contribution in [2.24, 2.45) is 0 Å². The van der Waals surface area contributed by atoms with Crippen molar-refractivity contribution in [2.45, 2.75) is 0 Å². The van der Waals surface area contributed by atoms with Crippen LogP contribution in [0.25, 0.3) is 51.2 Å². The third-order valence-corrected chi connectivity index (χ3v) is 9.56. The molecule has 2 aromatic carbocycles. The van der Waals surface area contributed by atoms with Crippen LogP contribution in [0.1, 0.15) is 0 Å². The predicted octanol–water partition coefficient (Wildman–Crippen LogP) is 9.75. The van der Waals surface area contributed by atoms with Gasteiger partial charge in [-0.3, -0.25) is 0 Å². The first-order chi connectivity index (χ1) is 14.9. The molecule has 30 heavy (non-hydrogen) atoms. The zero-order valence-corrected chi connectivity index (χ0v) is 19.1. The summed E-state index contributed by atoms with van der Waals surface area (Å²) in [6, 6.07) is 31.1. The summed E-state index contributed by atoms with van der Waals surface area (Å²) in [7, 11) is 0. The molecule has 0 unspecified atom stereocenters. The molecule has 0 aliphatic heterocycles. The van der Waals surface area contributed by atoms with E-state index >= 15 is 0 Å². The molecule has 0 spiro atoms. The zero-order valence-electron chi connectivity index (χ0n) is 15.9. The molecule has 6 rings (SSSR count). The maximum atomic E-state index is 2.30. The molecule has 0 aliphatic carbocycles. The van der Waals surface area contributed by atoms with E-state index < -0.39 is 0 Å². The summed E-state index contributed by atoms with van der Waals surface area (Å²) in [5, 5.41) is 6.93. The molecule has 0 bridgehead atoms. The van der Waals surface area contributed by atoms with Gasteiger partial charge in [-0.05, 0) is 69.1 Å². The first-order valence-corrected chi connectivity index (χ1v) is 13.1. The Kier molecular flexibility index (Phi) is 4.65. The maximum Gasteiger partial charge on any atom is 0.0449 e. The molecule has 0 atom stereocenters. The highest BCUT2D eigenvalue weighted by atomic mass is 32.1. The average molecular weight is 457 g/mol. The van der Waals surface area contributed by atoms with Crippen molar-refractivity contribution < 1.29 is 0 Å². The van der Waals surface area contributed by atoms with Crippen molar-refractivity contribution in [3.8, 4) is 40.4 Å². The van der Waals surface area contributed by atoms with Gasteiger partial charge in [0.1, 0.15) is 0 Å². The van der Waals surface area contributed by atoms with Gasteiger partial charge in [-0.25, -0.2) is 0 Å². The Morgan fingerprint density at radius 3 is 1.27 bits per heavy atom. The van der Waals surface area contributed by atoms with Gasteiger partial charge in [0.25, 0.3) is 0 Å². The smallest absolute Gasteiger partial charge is 0.0449 e. The monoisotopic (exact) mass is 456 g/mol. The van der Waals surface area contributed by atoms with Gasteiger partial charge >= 0.3 is 0 Å². The number of rotatable bonds is 4. The Morgan fingerprint density at radius 2 is 0.833 bits per heavy atom. The lowest BCUT2D eigenvalue weighted by Crippen LogP contribution is -1.82. The molecule has 0 saturated heterocycles. The lowest BCUT2D eigenvalue weighted by Gasteiger charge is -2.09. The van der Waals surface area contributed by atoms with Gasteiger partial charge in [0.2, 0.25) is 0 Å². The van der Waals surface area contributed by atoms with E-state index in [2.05, 4.69) is 95.7 Å². The van der Waals surface area contributed by atoms with Crippen LogP contribution in [0.5, 0.6) is 0 Å². The van der Waals surface area contributed by atoms with Crippen molar-refractivity contribution in [2.75, 3.05) is 0 Å². The summed E-state index contributed by atoms with van der Waals surface area (Å²) < 4.78 is 0. The Bertz CT molecular complexity index is 1320. The van der Waals surface area contributed by atoms with Crippen molar-refractivity contribution >= 4 is 56.1 Å². The van der Waals surface area contributed by atoms with E-state index in [-0.39, 0.29) is 0 Å². The molecular weight excluding hydrogens is 441 g/mol.